The highest BCUT2D eigenvalue weighted by Crippen LogP contribution is 2.07. The van der Waals surface area contributed by atoms with Gasteiger partial charge >= 0.3 is 0 Å². The van der Waals surface area contributed by atoms with E-state index < -0.39 is 0 Å². The molecule has 0 spiro atoms. The van der Waals surface area contributed by atoms with Crippen LogP contribution in [0, 0.1) is 11.8 Å². The van der Waals surface area contributed by atoms with E-state index >= 15 is 0 Å². The molecule has 0 bridgehead atoms. The second kappa shape index (κ2) is 11.5. The largest absolute Gasteiger partial charge is 0.377 e. The highest BCUT2D eigenvalue weighted by Gasteiger charge is 2.03. The Balaban J connectivity index is 3.29. The van der Waals surface area contributed by atoms with E-state index in [9.17, 15) is 4.79 Å². The van der Waals surface area contributed by atoms with E-state index in [1.54, 1.807) is 0 Å². The fourth-order valence-electron chi connectivity index (χ4n) is 1.70. The zero-order chi connectivity index (χ0) is 13.8. The molecule has 0 atom stereocenters. The monoisotopic (exact) mass is 254 g/mol. The SMILES string of the molecule is CC(C)COCC=CCCCCC(=O)CC(C)C. The molecule has 0 aromatic carbocycles. The lowest BCUT2D eigenvalue weighted by Crippen LogP contribution is -2.02. The van der Waals surface area contributed by atoms with Gasteiger partial charge in [-0.2, -0.15) is 0 Å². The van der Waals surface area contributed by atoms with E-state index in [0.29, 0.717) is 24.2 Å². The van der Waals surface area contributed by atoms with Crippen molar-refractivity contribution >= 4 is 5.78 Å². The zero-order valence-electron chi connectivity index (χ0n) is 12.6. The second-order valence-electron chi connectivity index (χ2n) is 5.79. The minimum absolute atomic E-state index is 0.411. The molecule has 0 rings (SSSR count). The predicted molar refractivity (Wildman–Crippen MR) is 77.7 cm³/mol. The van der Waals surface area contributed by atoms with Gasteiger partial charge in [-0.05, 0) is 31.1 Å². The van der Waals surface area contributed by atoms with Crippen molar-refractivity contribution in [1.29, 1.82) is 0 Å². The Morgan fingerprint density at radius 2 is 1.78 bits per heavy atom. The van der Waals surface area contributed by atoms with Gasteiger partial charge in [0.05, 0.1) is 6.61 Å². The number of rotatable bonds is 11. The molecule has 0 N–H and O–H groups in total. The van der Waals surface area contributed by atoms with Gasteiger partial charge in [0.1, 0.15) is 5.78 Å². The molecular weight excluding hydrogens is 224 g/mol. The minimum atomic E-state index is 0.411. The topological polar surface area (TPSA) is 26.3 Å². The van der Waals surface area contributed by atoms with Crippen LogP contribution in [0.3, 0.4) is 0 Å². The highest BCUT2D eigenvalue weighted by molar-refractivity contribution is 5.78. The van der Waals surface area contributed by atoms with Crippen molar-refractivity contribution in [3.05, 3.63) is 12.2 Å². The first-order valence-electron chi connectivity index (χ1n) is 7.26. The summed E-state index contributed by atoms with van der Waals surface area (Å²) in [5.41, 5.74) is 0. The third-order valence-electron chi connectivity index (χ3n) is 2.54. The van der Waals surface area contributed by atoms with Gasteiger partial charge in [0, 0.05) is 19.4 Å². The summed E-state index contributed by atoms with van der Waals surface area (Å²) in [6.07, 6.45) is 8.90. The number of hydrogen-bond acceptors (Lipinski definition) is 2. The van der Waals surface area contributed by atoms with Crippen molar-refractivity contribution in [2.75, 3.05) is 13.2 Å². The quantitative estimate of drug-likeness (QED) is 0.404. The zero-order valence-corrected chi connectivity index (χ0v) is 12.6. The molecule has 0 saturated heterocycles. The lowest BCUT2D eigenvalue weighted by molar-refractivity contribution is -0.119. The third-order valence-corrected chi connectivity index (χ3v) is 2.54. The lowest BCUT2D eigenvalue weighted by Gasteiger charge is -2.03. The average Bonchev–Trinajstić information content (AvgIpc) is 2.25. The summed E-state index contributed by atoms with van der Waals surface area (Å²) in [4.78, 5) is 11.5. The van der Waals surface area contributed by atoms with Crippen LogP contribution in [-0.4, -0.2) is 19.0 Å². The van der Waals surface area contributed by atoms with Gasteiger partial charge in [0.15, 0.2) is 0 Å². The van der Waals surface area contributed by atoms with Crippen LogP contribution in [-0.2, 0) is 9.53 Å². The maximum atomic E-state index is 11.5. The Bertz CT molecular complexity index is 229. The van der Waals surface area contributed by atoms with Crippen molar-refractivity contribution < 1.29 is 9.53 Å². The number of unbranched alkanes of at least 4 members (excludes halogenated alkanes) is 2. The summed E-state index contributed by atoms with van der Waals surface area (Å²) in [5.74, 6) is 1.51. The van der Waals surface area contributed by atoms with Gasteiger partial charge in [-0.15, -0.1) is 0 Å². The number of carbonyl (C=O) groups is 1. The molecule has 2 heteroatoms. The maximum absolute atomic E-state index is 11.5. The molecule has 0 aromatic rings. The second-order valence-corrected chi connectivity index (χ2v) is 5.79. The number of Topliss-reactive ketones (excluding diaryl/α,β-unsaturated/α-hetero) is 1. The molecule has 0 unspecified atom stereocenters. The molecule has 0 radical (unpaired) electrons. The van der Waals surface area contributed by atoms with Gasteiger partial charge < -0.3 is 4.74 Å². The molecule has 0 aromatic heterocycles. The molecular formula is C16H30O2. The molecule has 18 heavy (non-hydrogen) atoms. The Labute approximate surface area is 113 Å². The van der Waals surface area contributed by atoms with Crippen LogP contribution in [0.2, 0.25) is 0 Å². The summed E-state index contributed by atoms with van der Waals surface area (Å²) < 4.78 is 5.44. The van der Waals surface area contributed by atoms with E-state index in [1.807, 2.05) is 0 Å². The minimum Gasteiger partial charge on any atom is -0.377 e. The van der Waals surface area contributed by atoms with Crippen molar-refractivity contribution in [2.24, 2.45) is 11.8 Å². The van der Waals surface area contributed by atoms with Crippen LogP contribution in [0.15, 0.2) is 12.2 Å². The molecule has 0 aliphatic heterocycles. The van der Waals surface area contributed by atoms with Crippen LogP contribution >= 0.6 is 0 Å². The molecule has 2 nitrogen and oxygen atoms in total. The van der Waals surface area contributed by atoms with Crippen LogP contribution in [0.4, 0.5) is 0 Å². The van der Waals surface area contributed by atoms with Gasteiger partial charge in [0.2, 0.25) is 0 Å². The summed E-state index contributed by atoms with van der Waals surface area (Å²) in [6, 6.07) is 0. The van der Waals surface area contributed by atoms with E-state index in [1.165, 1.54) is 0 Å². The number of allylic oxidation sites excluding steroid dienone is 1. The summed E-state index contributed by atoms with van der Waals surface area (Å²) >= 11 is 0. The number of ketones is 1. The summed E-state index contributed by atoms with van der Waals surface area (Å²) in [7, 11) is 0. The molecule has 0 aliphatic rings. The van der Waals surface area contributed by atoms with Gasteiger partial charge in [-0.1, -0.05) is 39.8 Å². The van der Waals surface area contributed by atoms with E-state index in [-0.39, 0.29) is 0 Å². The normalized spacial score (nSPS) is 11.9. The Morgan fingerprint density at radius 1 is 1.06 bits per heavy atom. The Hall–Kier alpha value is -0.630. The van der Waals surface area contributed by atoms with Gasteiger partial charge in [-0.25, -0.2) is 0 Å². The first-order valence-corrected chi connectivity index (χ1v) is 7.26. The van der Waals surface area contributed by atoms with E-state index in [4.69, 9.17) is 4.74 Å². The highest BCUT2D eigenvalue weighted by atomic mass is 16.5. The van der Waals surface area contributed by atoms with E-state index in [0.717, 1.165) is 38.7 Å². The van der Waals surface area contributed by atoms with Crippen molar-refractivity contribution in [2.45, 2.75) is 59.8 Å². The molecule has 0 saturated carbocycles. The number of ether oxygens (including phenoxy) is 1. The van der Waals surface area contributed by atoms with Crippen molar-refractivity contribution in [3.63, 3.8) is 0 Å². The third kappa shape index (κ3) is 13.4. The molecule has 0 aliphatic carbocycles. The number of carbonyl (C=O) groups excluding carboxylic acids is 1. The molecule has 0 heterocycles. The Kier molecular flexibility index (Phi) is 11.1. The van der Waals surface area contributed by atoms with Crippen LogP contribution in [0.1, 0.15) is 59.8 Å². The summed E-state index contributed by atoms with van der Waals surface area (Å²) in [6.45, 7) is 10.0. The van der Waals surface area contributed by atoms with Gasteiger partial charge in [-0.3, -0.25) is 4.79 Å². The molecule has 0 fully saturated rings. The van der Waals surface area contributed by atoms with E-state index in [2.05, 4.69) is 39.8 Å². The van der Waals surface area contributed by atoms with Gasteiger partial charge in [0.25, 0.3) is 0 Å². The average molecular weight is 254 g/mol. The standard InChI is InChI=1S/C16H30O2/c1-14(2)12-16(17)10-8-6-5-7-9-11-18-13-15(3)4/h7,9,14-15H,5-6,8,10-13H2,1-4H3. The van der Waals surface area contributed by atoms with Crippen LogP contribution in [0.25, 0.3) is 0 Å². The molecule has 0 amide bonds. The maximum Gasteiger partial charge on any atom is 0.133 e. The van der Waals surface area contributed by atoms with Crippen molar-refractivity contribution in [1.82, 2.24) is 0 Å². The summed E-state index contributed by atoms with van der Waals surface area (Å²) in [5, 5.41) is 0. The fourth-order valence-corrected chi connectivity index (χ4v) is 1.70. The Morgan fingerprint density at radius 3 is 2.39 bits per heavy atom. The lowest BCUT2D eigenvalue weighted by atomic mass is 10.0. The van der Waals surface area contributed by atoms with Crippen LogP contribution in [0.5, 0.6) is 0 Å². The number of hydrogen-bond donors (Lipinski definition) is 0. The van der Waals surface area contributed by atoms with Crippen molar-refractivity contribution in [3.8, 4) is 0 Å². The van der Waals surface area contributed by atoms with Crippen LogP contribution < -0.4 is 0 Å². The fraction of sp³-hybridized carbons (Fsp3) is 0.812. The smallest absolute Gasteiger partial charge is 0.133 e. The predicted octanol–water partition coefficient (Wildman–Crippen LogP) is 4.39. The first-order chi connectivity index (χ1) is 8.52. The first kappa shape index (κ1) is 17.4. The molecule has 106 valence electrons.